The minimum atomic E-state index is -2.31. The van der Waals surface area contributed by atoms with Crippen molar-refractivity contribution in [3.8, 4) is 0 Å². The molecule has 0 spiro atoms. The van der Waals surface area contributed by atoms with E-state index in [1.165, 1.54) is 20.8 Å². The number of carboxylic acid groups (broad SMARTS) is 1. The van der Waals surface area contributed by atoms with E-state index in [0.717, 1.165) is 0 Å². The minimum Gasteiger partial charge on any atom is -0.477 e. The van der Waals surface area contributed by atoms with Crippen LogP contribution in [-0.4, -0.2) is 87.6 Å². The Bertz CT molecular complexity index is 509. The molecule has 150 valence electrons. The number of carboxylic acids is 1. The maximum atomic E-state index is 11.7. The van der Waals surface area contributed by atoms with Crippen molar-refractivity contribution in [3.05, 3.63) is 0 Å². The number of aliphatic hydroxyl groups excluding tert-OH is 3. The van der Waals surface area contributed by atoms with Crippen LogP contribution in [0, 0.1) is 0 Å². The second kappa shape index (κ2) is 9.24. The van der Waals surface area contributed by atoms with Gasteiger partial charge in [0, 0.05) is 20.3 Å². The first-order chi connectivity index (χ1) is 12.0. The van der Waals surface area contributed by atoms with Gasteiger partial charge in [0.1, 0.15) is 6.10 Å². The van der Waals surface area contributed by atoms with Gasteiger partial charge in [0.25, 0.3) is 5.79 Å². The smallest absolute Gasteiger partial charge is 0.364 e. The molecule has 0 bridgehead atoms. The molecule has 0 aromatic heterocycles. The third-order valence-electron chi connectivity index (χ3n) is 3.94. The summed E-state index contributed by atoms with van der Waals surface area (Å²) in [4.78, 5) is 34.7. The highest BCUT2D eigenvalue weighted by atomic mass is 16.7. The highest BCUT2D eigenvalue weighted by Gasteiger charge is 2.55. The molecular weight excluding hydrogens is 352 g/mol. The number of aliphatic hydroxyl groups is 3. The molecule has 11 nitrogen and oxygen atoms in total. The van der Waals surface area contributed by atoms with Crippen LogP contribution in [0.25, 0.3) is 0 Å². The van der Waals surface area contributed by atoms with Gasteiger partial charge in [-0.25, -0.2) is 4.79 Å². The molecule has 1 fully saturated rings. The lowest BCUT2D eigenvalue weighted by molar-refractivity contribution is -0.302. The van der Waals surface area contributed by atoms with Crippen molar-refractivity contribution >= 4 is 17.8 Å². The lowest BCUT2D eigenvalue weighted by Crippen LogP contribution is -2.70. The quantitative estimate of drug-likeness (QED) is 0.263. The third kappa shape index (κ3) is 5.35. The van der Waals surface area contributed by atoms with E-state index in [4.69, 9.17) is 14.6 Å². The summed E-state index contributed by atoms with van der Waals surface area (Å²) in [7, 11) is 0. The summed E-state index contributed by atoms with van der Waals surface area (Å²) in [5, 5.41) is 43.8. The number of amides is 2. The molecule has 1 rings (SSSR count). The Kier molecular flexibility index (Phi) is 7.90. The van der Waals surface area contributed by atoms with Gasteiger partial charge in [-0.2, -0.15) is 0 Å². The van der Waals surface area contributed by atoms with Gasteiger partial charge in [0.15, 0.2) is 0 Å². The van der Waals surface area contributed by atoms with Crippen LogP contribution in [0.3, 0.4) is 0 Å². The summed E-state index contributed by atoms with van der Waals surface area (Å²) in [5.74, 6) is -4.91. The number of ether oxygens (including phenoxy) is 2. The lowest BCUT2D eigenvalue weighted by atomic mass is 9.87. The van der Waals surface area contributed by atoms with Gasteiger partial charge in [-0.15, -0.1) is 0 Å². The number of carbonyl (C=O) groups excluding carboxylic acids is 2. The Morgan fingerprint density at radius 1 is 1.31 bits per heavy atom. The summed E-state index contributed by atoms with van der Waals surface area (Å²) in [6.07, 6.45) is -4.46. The highest BCUT2D eigenvalue weighted by molar-refractivity contribution is 5.77. The molecule has 0 aliphatic carbocycles. The Hall–Kier alpha value is -1.79. The first-order valence-corrected chi connectivity index (χ1v) is 8.10. The summed E-state index contributed by atoms with van der Waals surface area (Å²) in [6, 6.07) is -2.25. The number of hydrogen-bond acceptors (Lipinski definition) is 8. The zero-order chi connectivity index (χ0) is 20.1. The monoisotopic (exact) mass is 378 g/mol. The summed E-state index contributed by atoms with van der Waals surface area (Å²) < 4.78 is 10.7. The molecule has 11 heteroatoms. The van der Waals surface area contributed by atoms with Crippen LogP contribution in [0.2, 0.25) is 0 Å². The van der Waals surface area contributed by atoms with Crippen molar-refractivity contribution in [3.63, 3.8) is 0 Å². The summed E-state index contributed by atoms with van der Waals surface area (Å²) in [6.45, 7) is 2.86. The minimum absolute atomic E-state index is 0.379. The molecule has 2 amide bonds. The average Bonchev–Trinajstić information content (AvgIpc) is 2.52. The molecule has 0 saturated carbocycles. The molecule has 0 aromatic rings. The predicted octanol–water partition coefficient (Wildman–Crippen LogP) is -2.68. The van der Waals surface area contributed by atoms with Crippen LogP contribution < -0.4 is 10.6 Å². The van der Waals surface area contributed by atoms with Gasteiger partial charge < -0.3 is 40.5 Å². The first kappa shape index (κ1) is 22.3. The van der Waals surface area contributed by atoms with Gasteiger partial charge >= 0.3 is 5.97 Å². The zero-order valence-corrected chi connectivity index (χ0v) is 14.8. The summed E-state index contributed by atoms with van der Waals surface area (Å²) >= 11 is 0. The molecule has 26 heavy (non-hydrogen) atoms. The molecule has 1 saturated heterocycles. The van der Waals surface area contributed by atoms with E-state index in [1.807, 2.05) is 0 Å². The fourth-order valence-corrected chi connectivity index (χ4v) is 2.89. The standard InChI is InChI=1S/C15H26N2O9/c1-7(19)11(16-8(2)20)13-12(17-9(3)21)10(22)6-15(26-13,14(23)24)25-5-4-18/h7,10-13,18-19,22H,4-6H2,1-3H3,(H,16,20)(H,17,21)(H,23,24)/t7-,10?,11-,12+,13?,15-/m0/s1. The fourth-order valence-electron chi connectivity index (χ4n) is 2.89. The molecule has 1 aliphatic heterocycles. The van der Waals surface area contributed by atoms with Crippen molar-refractivity contribution in [2.24, 2.45) is 0 Å². The van der Waals surface area contributed by atoms with Crippen molar-refractivity contribution in [1.82, 2.24) is 10.6 Å². The number of hydrogen-bond donors (Lipinski definition) is 6. The van der Waals surface area contributed by atoms with Crippen LogP contribution in [0.15, 0.2) is 0 Å². The van der Waals surface area contributed by atoms with Gasteiger partial charge in [-0.05, 0) is 6.92 Å². The molecule has 6 atom stereocenters. The Morgan fingerprint density at radius 3 is 2.35 bits per heavy atom. The van der Waals surface area contributed by atoms with E-state index >= 15 is 0 Å². The predicted molar refractivity (Wildman–Crippen MR) is 85.8 cm³/mol. The maximum absolute atomic E-state index is 11.7. The molecule has 1 heterocycles. The van der Waals surface area contributed by atoms with Gasteiger partial charge in [-0.3, -0.25) is 9.59 Å². The van der Waals surface area contributed by atoms with Crippen molar-refractivity contribution in [2.75, 3.05) is 13.2 Å². The average molecular weight is 378 g/mol. The topological polar surface area (TPSA) is 175 Å². The lowest BCUT2D eigenvalue weighted by Gasteiger charge is -2.47. The maximum Gasteiger partial charge on any atom is 0.364 e. The number of rotatable bonds is 8. The van der Waals surface area contributed by atoms with Crippen molar-refractivity contribution in [2.45, 2.75) is 63.4 Å². The number of carbonyl (C=O) groups is 3. The second-order valence-electron chi connectivity index (χ2n) is 6.18. The second-order valence-corrected chi connectivity index (χ2v) is 6.18. The SMILES string of the molecule is CC(=O)N[C@@H]1C(O)C[C@@](OCCO)(C(=O)O)OC1[C@@H](NC(C)=O)[C@H](C)O. The molecule has 0 radical (unpaired) electrons. The van der Waals surface area contributed by atoms with E-state index < -0.39 is 67.0 Å². The van der Waals surface area contributed by atoms with Gasteiger partial charge in [0.05, 0.1) is 37.5 Å². The van der Waals surface area contributed by atoms with Crippen molar-refractivity contribution < 1.29 is 44.3 Å². The zero-order valence-electron chi connectivity index (χ0n) is 14.8. The Balaban J connectivity index is 3.30. The van der Waals surface area contributed by atoms with Crippen LogP contribution in [0.4, 0.5) is 0 Å². The largest absolute Gasteiger partial charge is 0.477 e. The molecule has 6 N–H and O–H groups in total. The van der Waals surface area contributed by atoms with Crippen LogP contribution in [0.1, 0.15) is 27.2 Å². The van der Waals surface area contributed by atoms with E-state index in [1.54, 1.807) is 0 Å². The first-order valence-electron chi connectivity index (χ1n) is 8.10. The normalized spacial score (nSPS) is 30.9. The Labute approximate surface area is 150 Å². The van der Waals surface area contributed by atoms with E-state index in [2.05, 4.69) is 10.6 Å². The van der Waals surface area contributed by atoms with Crippen LogP contribution in [0.5, 0.6) is 0 Å². The van der Waals surface area contributed by atoms with E-state index in [0.29, 0.717) is 0 Å². The van der Waals surface area contributed by atoms with E-state index in [9.17, 15) is 29.7 Å². The number of nitrogens with one attached hydrogen (secondary N) is 2. The fraction of sp³-hybridized carbons (Fsp3) is 0.800. The Morgan fingerprint density at radius 2 is 1.92 bits per heavy atom. The van der Waals surface area contributed by atoms with Crippen LogP contribution in [-0.2, 0) is 23.9 Å². The van der Waals surface area contributed by atoms with E-state index in [-0.39, 0.29) is 6.61 Å². The third-order valence-corrected chi connectivity index (χ3v) is 3.94. The van der Waals surface area contributed by atoms with Crippen LogP contribution >= 0.6 is 0 Å². The van der Waals surface area contributed by atoms with Gasteiger partial charge in [-0.1, -0.05) is 0 Å². The molecule has 2 unspecified atom stereocenters. The highest BCUT2D eigenvalue weighted by Crippen LogP contribution is 2.33. The number of aliphatic carboxylic acids is 1. The molecule has 0 aromatic carbocycles. The molecular formula is C15H26N2O9. The molecule has 1 aliphatic rings. The van der Waals surface area contributed by atoms with Gasteiger partial charge in [0.2, 0.25) is 11.8 Å². The summed E-state index contributed by atoms with van der Waals surface area (Å²) in [5.41, 5.74) is 0. The van der Waals surface area contributed by atoms with Crippen molar-refractivity contribution in [1.29, 1.82) is 0 Å².